The molecule has 0 saturated heterocycles. The molecule has 0 bridgehead atoms. The smallest absolute Gasteiger partial charge is 0.209 e. The predicted octanol–water partition coefficient (Wildman–Crippen LogP) is 1.71. The molecule has 0 amide bonds. The summed E-state index contributed by atoms with van der Waals surface area (Å²) in [5, 5.41) is 3.26. The molecule has 1 aromatic rings. The van der Waals surface area contributed by atoms with Crippen molar-refractivity contribution in [2.45, 2.75) is 25.9 Å². The van der Waals surface area contributed by atoms with Crippen molar-refractivity contribution in [1.82, 2.24) is 10.0 Å². The summed E-state index contributed by atoms with van der Waals surface area (Å²) in [4.78, 5) is 0. The maximum atomic E-state index is 11.2. The molecule has 102 valence electrons. The second kappa shape index (κ2) is 6.31. The summed E-state index contributed by atoms with van der Waals surface area (Å²) in [6.07, 6.45) is 1.17. The third kappa shape index (κ3) is 6.67. The molecule has 1 rings (SSSR count). The van der Waals surface area contributed by atoms with Crippen LogP contribution in [0.4, 0.5) is 0 Å². The number of sulfonamides is 1. The van der Waals surface area contributed by atoms with E-state index >= 15 is 0 Å². The highest BCUT2D eigenvalue weighted by Gasteiger charge is 2.21. The van der Waals surface area contributed by atoms with E-state index in [0.717, 1.165) is 6.54 Å². The predicted molar refractivity (Wildman–Crippen MR) is 82.9 cm³/mol. The van der Waals surface area contributed by atoms with Gasteiger partial charge in [-0.15, -0.1) is 0 Å². The monoisotopic (exact) mass is 382 g/mol. The number of hydrogen-bond acceptors (Lipinski definition) is 3. The highest BCUT2D eigenvalue weighted by molar-refractivity contribution is 14.1. The molecule has 4 nitrogen and oxygen atoms in total. The molecule has 0 aliphatic carbocycles. The van der Waals surface area contributed by atoms with Crippen LogP contribution in [0.15, 0.2) is 24.3 Å². The highest BCUT2D eigenvalue weighted by Crippen LogP contribution is 2.08. The Balaban J connectivity index is 2.46. The van der Waals surface area contributed by atoms with Crippen LogP contribution in [-0.4, -0.2) is 26.8 Å². The lowest BCUT2D eigenvalue weighted by molar-refractivity contribution is 0.421. The van der Waals surface area contributed by atoms with Gasteiger partial charge in [0, 0.05) is 22.2 Å². The minimum atomic E-state index is -3.17. The Morgan fingerprint density at radius 2 is 2.00 bits per heavy atom. The zero-order valence-corrected chi connectivity index (χ0v) is 13.8. The lowest BCUT2D eigenvalue weighted by Crippen LogP contribution is -2.49. The average molecular weight is 382 g/mol. The van der Waals surface area contributed by atoms with Gasteiger partial charge in [0.15, 0.2) is 0 Å². The molecule has 0 saturated carbocycles. The Bertz CT molecular complexity index is 501. The molecule has 1 aromatic carbocycles. The molecular formula is C12H19IN2O2S. The Morgan fingerprint density at radius 3 is 2.56 bits per heavy atom. The minimum absolute atomic E-state index is 0.491. The molecule has 0 aromatic heterocycles. The van der Waals surface area contributed by atoms with Gasteiger partial charge in [0.25, 0.3) is 0 Å². The summed E-state index contributed by atoms with van der Waals surface area (Å²) in [6.45, 7) is 5.02. The molecule has 0 fully saturated rings. The third-order valence-corrected chi connectivity index (χ3v) is 3.84. The summed E-state index contributed by atoms with van der Waals surface area (Å²) in [7, 11) is -3.17. The quantitative estimate of drug-likeness (QED) is 0.737. The first kappa shape index (κ1) is 15.9. The fourth-order valence-corrected chi connectivity index (χ4v) is 3.39. The molecule has 0 heterocycles. The average Bonchev–Trinajstić information content (AvgIpc) is 2.13. The van der Waals surface area contributed by atoms with Crippen LogP contribution in [-0.2, 0) is 16.6 Å². The van der Waals surface area contributed by atoms with E-state index in [9.17, 15) is 8.42 Å². The number of rotatable bonds is 6. The van der Waals surface area contributed by atoms with Crippen LogP contribution >= 0.6 is 22.6 Å². The second-order valence-corrected chi connectivity index (χ2v) is 7.99. The van der Waals surface area contributed by atoms with E-state index in [1.807, 2.05) is 32.0 Å². The first-order chi connectivity index (χ1) is 8.18. The van der Waals surface area contributed by atoms with Gasteiger partial charge >= 0.3 is 0 Å². The largest absolute Gasteiger partial charge is 0.311 e. The van der Waals surface area contributed by atoms with Crippen LogP contribution in [0.2, 0.25) is 0 Å². The van der Waals surface area contributed by atoms with Crippen LogP contribution in [0.3, 0.4) is 0 Å². The summed E-state index contributed by atoms with van der Waals surface area (Å²) in [5.74, 6) is 0. The van der Waals surface area contributed by atoms with Gasteiger partial charge in [0.1, 0.15) is 0 Å². The molecule has 2 N–H and O–H groups in total. The lowest BCUT2D eigenvalue weighted by Gasteiger charge is -2.25. The van der Waals surface area contributed by atoms with Crippen molar-refractivity contribution in [3.8, 4) is 0 Å². The maximum absolute atomic E-state index is 11.2. The number of nitrogens with one attached hydrogen (secondary N) is 2. The molecule has 0 atom stereocenters. The summed E-state index contributed by atoms with van der Waals surface area (Å²) in [5.41, 5.74) is 0.701. The molecule has 0 unspecified atom stereocenters. The van der Waals surface area contributed by atoms with Gasteiger partial charge in [-0.05, 0) is 54.1 Å². The van der Waals surface area contributed by atoms with E-state index in [0.29, 0.717) is 6.54 Å². The maximum Gasteiger partial charge on any atom is 0.209 e. The summed E-state index contributed by atoms with van der Waals surface area (Å²) < 4.78 is 26.2. The van der Waals surface area contributed by atoms with Gasteiger partial charge in [-0.1, -0.05) is 12.1 Å². The first-order valence-electron chi connectivity index (χ1n) is 5.62. The van der Waals surface area contributed by atoms with Gasteiger partial charge in [-0.3, -0.25) is 0 Å². The van der Waals surface area contributed by atoms with E-state index in [1.165, 1.54) is 15.4 Å². The lowest BCUT2D eigenvalue weighted by atomic mass is 10.1. The van der Waals surface area contributed by atoms with Crippen molar-refractivity contribution >= 4 is 32.6 Å². The summed E-state index contributed by atoms with van der Waals surface area (Å²) in [6, 6.07) is 8.20. The van der Waals surface area contributed by atoms with Crippen molar-refractivity contribution in [2.24, 2.45) is 0 Å². The van der Waals surface area contributed by atoms with Gasteiger partial charge in [-0.2, -0.15) is 0 Å². The number of hydrogen-bond donors (Lipinski definition) is 2. The van der Waals surface area contributed by atoms with Crippen LogP contribution in [0.25, 0.3) is 0 Å². The summed E-state index contributed by atoms with van der Waals surface area (Å²) >= 11 is 2.27. The fraction of sp³-hybridized carbons (Fsp3) is 0.500. The van der Waals surface area contributed by atoms with Crippen molar-refractivity contribution in [2.75, 3.05) is 12.8 Å². The van der Waals surface area contributed by atoms with Gasteiger partial charge in [0.2, 0.25) is 10.0 Å². The van der Waals surface area contributed by atoms with Crippen molar-refractivity contribution in [3.05, 3.63) is 33.4 Å². The van der Waals surface area contributed by atoms with Crippen LogP contribution in [0, 0.1) is 3.57 Å². The number of halogens is 1. The molecule has 0 spiro atoms. The fourth-order valence-electron chi connectivity index (χ4n) is 1.70. The van der Waals surface area contributed by atoms with E-state index in [-0.39, 0.29) is 0 Å². The van der Waals surface area contributed by atoms with E-state index in [2.05, 4.69) is 38.7 Å². The van der Waals surface area contributed by atoms with Crippen molar-refractivity contribution in [3.63, 3.8) is 0 Å². The van der Waals surface area contributed by atoms with E-state index < -0.39 is 15.6 Å². The van der Waals surface area contributed by atoms with Gasteiger partial charge in [-0.25, -0.2) is 13.1 Å². The second-order valence-electron chi connectivity index (χ2n) is 4.99. The molecule has 18 heavy (non-hydrogen) atoms. The SMILES string of the molecule is CC(C)(CNCc1cccc(I)c1)NS(C)(=O)=O. The van der Waals surface area contributed by atoms with Crippen LogP contribution in [0.5, 0.6) is 0 Å². The molecule has 0 aliphatic rings. The van der Waals surface area contributed by atoms with Crippen molar-refractivity contribution in [1.29, 1.82) is 0 Å². The normalized spacial score (nSPS) is 12.7. The Kier molecular flexibility index (Phi) is 5.57. The standard InChI is InChI=1S/C12H19IN2O2S/c1-12(2,15-18(3,16)17)9-14-8-10-5-4-6-11(13)7-10/h4-7,14-15H,8-9H2,1-3H3. The molecule has 0 aliphatic heterocycles. The topological polar surface area (TPSA) is 58.2 Å². The third-order valence-electron chi connectivity index (χ3n) is 2.25. The van der Waals surface area contributed by atoms with Gasteiger partial charge in [0.05, 0.1) is 6.26 Å². The van der Waals surface area contributed by atoms with Crippen molar-refractivity contribution < 1.29 is 8.42 Å². The first-order valence-corrected chi connectivity index (χ1v) is 8.59. The Morgan fingerprint density at radius 1 is 1.33 bits per heavy atom. The Hall–Kier alpha value is -0.180. The molecule has 6 heteroatoms. The van der Waals surface area contributed by atoms with Gasteiger partial charge < -0.3 is 5.32 Å². The number of benzene rings is 1. The molecular weight excluding hydrogens is 363 g/mol. The van der Waals surface area contributed by atoms with Crippen LogP contribution < -0.4 is 10.0 Å². The minimum Gasteiger partial charge on any atom is -0.311 e. The molecule has 0 radical (unpaired) electrons. The van der Waals surface area contributed by atoms with E-state index in [4.69, 9.17) is 0 Å². The zero-order valence-electron chi connectivity index (χ0n) is 10.8. The Labute approximate surface area is 123 Å². The highest BCUT2D eigenvalue weighted by atomic mass is 127. The van der Waals surface area contributed by atoms with E-state index in [1.54, 1.807) is 0 Å². The zero-order chi connectivity index (χ0) is 13.8. The van der Waals surface area contributed by atoms with Crippen LogP contribution in [0.1, 0.15) is 19.4 Å².